The van der Waals surface area contributed by atoms with Gasteiger partial charge in [-0.25, -0.2) is 22.5 Å². The SMILES string of the molecule is O=C(NC12CC3CC(C1)C(C3)C2)c1cn(-c2ccc(F)cc2F)c2nc(N3CCC4(C3)CC4(F)F)ccc2c1=O. The van der Waals surface area contributed by atoms with E-state index >= 15 is 4.39 Å². The Hall–Kier alpha value is -3.43. The highest BCUT2D eigenvalue weighted by Crippen LogP contribution is 2.65. The number of pyridine rings is 2. The molecule has 1 amide bonds. The van der Waals surface area contributed by atoms with Crippen LogP contribution in [-0.2, 0) is 0 Å². The molecule has 6 nitrogen and oxygen atoms in total. The number of carbonyl (C=O) groups excluding carboxylic acids is 1. The molecule has 3 aromatic rings. The summed E-state index contributed by atoms with van der Waals surface area (Å²) in [6, 6.07) is 6.16. The third-order valence-corrected chi connectivity index (χ3v) is 10.4. The number of anilines is 1. The Kier molecular flexibility index (Phi) is 4.79. The molecule has 40 heavy (non-hydrogen) atoms. The first-order chi connectivity index (χ1) is 19.1. The summed E-state index contributed by atoms with van der Waals surface area (Å²) in [5.74, 6) is -2.64. The highest BCUT2D eigenvalue weighted by molar-refractivity contribution is 5.98. The van der Waals surface area contributed by atoms with E-state index in [0.29, 0.717) is 36.5 Å². The lowest BCUT2D eigenvalue weighted by Crippen LogP contribution is -2.51. The van der Waals surface area contributed by atoms with Gasteiger partial charge in [0.25, 0.3) is 11.8 Å². The summed E-state index contributed by atoms with van der Waals surface area (Å²) in [5.41, 5.74) is -2.04. The number of hydrogen-bond donors (Lipinski definition) is 1. The van der Waals surface area contributed by atoms with Crippen LogP contribution in [0.2, 0.25) is 0 Å². The van der Waals surface area contributed by atoms with Gasteiger partial charge in [0.1, 0.15) is 23.0 Å². The number of amides is 1. The number of nitrogens with one attached hydrogen (secondary N) is 1. The van der Waals surface area contributed by atoms with E-state index in [1.54, 1.807) is 11.0 Å². The molecule has 3 heterocycles. The number of carbonyl (C=O) groups is 1. The zero-order chi connectivity index (χ0) is 27.6. The van der Waals surface area contributed by atoms with E-state index in [9.17, 15) is 22.8 Å². The molecule has 208 valence electrons. The second kappa shape index (κ2) is 7.85. The molecule has 6 aliphatic rings. The van der Waals surface area contributed by atoms with Crippen molar-refractivity contribution in [2.45, 2.75) is 56.4 Å². The fourth-order valence-electron chi connectivity index (χ4n) is 8.55. The summed E-state index contributed by atoms with van der Waals surface area (Å²) in [6.45, 7) is 0.522. The monoisotopic (exact) mass is 552 g/mol. The van der Waals surface area contributed by atoms with E-state index in [1.165, 1.54) is 35.7 Å². The Labute approximate surface area is 227 Å². The number of aromatic nitrogens is 2. The van der Waals surface area contributed by atoms with Crippen molar-refractivity contribution >= 4 is 22.8 Å². The molecule has 1 aromatic carbocycles. The van der Waals surface area contributed by atoms with Gasteiger partial charge in [0.2, 0.25) is 5.43 Å². The van der Waals surface area contributed by atoms with Crippen LogP contribution in [0.4, 0.5) is 23.4 Å². The number of fused-ring (bicyclic) bond motifs is 1. The number of hydrogen-bond acceptors (Lipinski definition) is 4. The molecular formula is C30H28F4N4O2. The zero-order valence-electron chi connectivity index (χ0n) is 21.7. The maximum absolute atomic E-state index is 15.1. The van der Waals surface area contributed by atoms with Crippen LogP contribution in [0.1, 0.15) is 55.3 Å². The summed E-state index contributed by atoms with van der Waals surface area (Å²) in [6.07, 6.45) is 6.60. The molecule has 1 N–H and O–H groups in total. The number of nitrogens with zero attached hydrogens (tertiary/aromatic N) is 3. The Bertz CT molecular complexity index is 1650. The normalized spacial score (nSPS) is 32.9. The first-order valence-electron chi connectivity index (χ1n) is 14.0. The number of alkyl halides is 2. The van der Waals surface area contributed by atoms with Gasteiger partial charge in [0.15, 0.2) is 5.65 Å². The quantitative estimate of drug-likeness (QED) is 0.452. The first kappa shape index (κ1) is 24.4. The third-order valence-electron chi connectivity index (χ3n) is 10.4. The van der Waals surface area contributed by atoms with E-state index in [1.807, 2.05) is 0 Å². The lowest BCUT2D eigenvalue weighted by molar-refractivity contribution is 0.0710. The predicted octanol–water partition coefficient (Wildman–Crippen LogP) is 5.21. The number of benzene rings is 1. The summed E-state index contributed by atoms with van der Waals surface area (Å²) in [5, 5.41) is 3.28. The number of halogens is 4. The maximum Gasteiger partial charge on any atom is 0.257 e. The summed E-state index contributed by atoms with van der Waals surface area (Å²) in [4.78, 5) is 33.7. The van der Waals surface area contributed by atoms with Crippen LogP contribution in [-0.4, -0.2) is 40.0 Å². The summed E-state index contributed by atoms with van der Waals surface area (Å²) in [7, 11) is 0. The summed E-state index contributed by atoms with van der Waals surface area (Å²) >= 11 is 0. The van der Waals surface area contributed by atoms with Crippen LogP contribution in [0.3, 0.4) is 0 Å². The molecule has 1 spiro atoms. The van der Waals surface area contributed by atoms with Crippen LogP contribution in [0, 0.1) is 34.8 Å². The molecular weight excluding hydrogens is 524 g/mol. The molecule has 0 radical (unpaired) electrons. The van der Waals surface area contributed by atoms with Gasteiger partial charge in [0.05, 0.1) is 16.5 Å². The third kappa shape index (κ3) is 3.43. The van der Waals surface area contributed by atoms with Crippen molar-refractivity contribution in [3.05, 3.63) is 63.9 Å². The van der Waals surface area contributed by atoms with E-state index in [4.69, 9.17) is 0 Å². The Morgan fingerprint density at radius 2 is 1.80 bits per heavy atom. The first-order valence-corrected chi connectivity index (χ1v) is 14.0. The van der Waals surface area contributed by atoms with Crippen molar-refractivity contribution in [2.24, 2.45) is 23.2 Å². The van der Waals surface area contributed by atoms with Crippen LogP contribution in [0.5, 0.6) is 0 Å². The van der Waals surface area contributed by atoms with Crippen LogP contribution < -0.4 is 15.6 Å². The van der Waals surface area contributed by atoms with E-state index in [2.05, 4.69) is 10.3 Å². The molecule has 5 aliphatic carbocycles. The van der Waals surface area contributed by atoms with Crippen molar-refractivity contribution in [3.8, 4) is 5.69 Å². The molecule has 1 aliphatic heterocycles. The van der Waals surface area contributed by atoms with Crippen LogP contribution >= 0.6 is 0 Å². The number of rotatable bonds is 4. The van der Waals surface area contributed by atoms with Crippen LogP contribution in [0.25, 0.3) is 16.7 Å². The molecule has 4 bridgehead atoms. The highest BCUT2D eigenvalue weighted by atomic mass is 19.3. The molecule has 5 saturated carbocycles. The summed E-state index contributed by atoms with van der Waals surface area (Å²) < 4.78 is 58.2. The van der Waals surface area contributed by atoms with Gasteiger partial charge in [-0.1, -0.05) is 0 Å². The van der Waals surface area contributed by atoms with Crippen molar-refractivity contribution < 1.29 is 22.4 Å². The molecule has 10 heteroatoms. The fourth-order valence-corrected chi connectivity index (χ4v) is 8.55. The van der Waals surface area contributed by atoms with Crippen molar-refractivity contribution in [2.75, 3.05) is 18.0 Å². The topological polar surface area (TPSA) is 67.2 Å². The standard InChI is InChI=1S/C30H28F4N4O2/c31-19-1-3-23(22(32)9-19)38-13-21(27(40)36-29-10-16-7-17(11-29)18(8-16)12-29)25(39)20-2-4-24(35-26(20)38)37-6-5-28(15-37)14-30(28,33)34/h1-4,9,13,16-18H,5-8,10-12,14-15H2,(H,36,40). The second-order valence-electron chi connectivity index (χ2n) is 12.9. The van der Waals surface area contributed by atoms with Crippen LogP contribution in [0.15, 0.2) is 41.3 Å². The van der Waals surface area contributed by atoms with Crippen molar-refractivity contribution in [1.82, 2.24) is 14.9 Å². The van der Waals surface area contributed by atoms with E-state index in [0.717, 1.165) is 31.4 Å². The lowest BCUT2D eigenvalue weighted by atomic mass is 9.75. The molecule has 2 aromatic heterocycles. The smallest absolute Gasteiger partial charge is 0.257 e. The average molecular weight is 553 g/mol. The van der Waals surface area contributed by atoms with Gasteiger partial charge in [-0.3, -0.25) is 14.2 Å². The predicted molar refractivity (Wildman–Crippen MR) is 140 cm³/mol. The van der Waals surface area contributed by atoms with E-state index < -0.39 is 34.3 Å². The minimum absolute atomic E-state index is 0.0743. The Morgan fingerprint density at radius 3 is 2.45 bits per heavy atom. The highest BCUT2D eigenvalue weighted by Gasteiger charge is 2.72. The van der Waals surface area contributed by atoms with Gasteiger partial charge in [-0.15, -0.1) is 0 Å². The van der Waals surface area contributed by atoms with Gasteiger partial charge < -0.3 is 10.2 Å². The van der Waals surface area contributed by atoms with Crippen molar-refractivity contribution in [3.63, 3.8) is 0 Å². The van der Waals surface area contributed by atoms with E-state index in [-0.39, 0.29) is 40.8 Å². The second-order valence-corrected chi connectivity index (χ2v) is 12.9. The molecule has 1 saturated heterocycles. The minimum atomic E-state index is -2.70. The molecule has 3 unspecified atom stereocenters. The van der Waals surface area contributed by atoms with Gasteiger partial charge in [-0.05, 0) is 80.5 Å². The molecule has 9 rings (SSSR count). The molecule has 6 fully saturated rings. The minimum Gasteiger partial charge on any atom is -0.356 e. The fraction of sp³-hybridized carbons (Fsp3) is 0.500. The lowest BCUT2D eigenvalue weighted by Gasteiger charge is -2.39. The Balaban J connectivity index is 1.22. The van der Waals surface area contributed by atoms with Gasteiger partial charge >= 0.3 is 0 Å². The Morgan fingerprint density at radius 1 is 1.05 bits per heavy atom. The maximum atomic E-state index is 15.1. The largest absolute Gasteiger partial charge is 0.356 e. The molecule has 3 atom stereocenters. The average Bonchev–Trinajstić information content (AvgIpc) is 3.20. The van der Waals surface area contributed by atoms with Gasteiger partial charge in [-0.2, -0.15) is 0 Å². The van der Waals surface area contributed by atoms with Crippen molar-refractivity contribution in [1.29, 1.82) is 0 Å². The zero-order valence-corrected chi connectivity index (χ0v) is 21.7. The van der Waals surface area contributed by atoms with Gasteiger partial charge in [0, 0.05) is 37.3 Å².